The van der Waals surface area contributed by atoms with Gasteiger partial charge in [-0.25, -0.2) is 4.99 Å². The molecule has 1 aliphatic heterocycles. The van der Waals surface area contributed by atoms with Gasteiger partial charge in [-0.2, -0.15) is 0 Å². The van der Waals surface area contributed by atoms with Crippen LogP contribution in [0, 0.1) is 13.8 Å². The molecule has 0 saturated carbocycles. The van der Waals surface area contributed by atoms with E-state index >= 15 is 0 Å². The van der Waals surface area contributed by atoms with E-state index in [-0.39, 0.29) is 11.6 Å². The molecule has 3 heterocycles. The lowest BCUT2D eigenvalue weighted by molar-refractivity contribution is 0.402. The first-order valence-electron chi connectivity index (χ1n) is 13.7. The second kappa shape index (κ2) is 10.1. The van der Waals surface area contributed by atoms with Gasteiger partial charge in [0.15, 0.2) is 4.80 Å². The van der Waals surface area contributed by atoms with Crippen molar-refractivity contribution in [3.05, 3.63) is 143 Å². The number of aromatic nitrogens is 2. The number of nitrogens with zero attached hydrogens (tertiary/aromatic N) is 3. The Bertz CT molecular complexity index is 2050. The predicted molar refractivity (Wildman–Crippen MR) is 166 cm³/mol. The van der Waals surface area contributed by atoms with E-state index in [1.807, 2.05) is 53.1 Å². The number of hydrogen-bond acceptors (Lipinski definition) is 4. The van der Waals surface area contributed by atoms with Crippen LogP contribution in [-0.2, 0) is 6.42 Å². The lowest BCUT2D eigenvalue weighted by atomic mass is 9.83. The number of ether oxygens (including phenoxy) is 1. The van der Waals surface area contributed by atoms with E-state index in [9.17, 15) is 4.79 Å². The molecule has 0 fully saturated rings. The molecule has 0 unspecified atom stereocenters. The molecule has 0 bridgehead atoms. The van der Waals surface area contributed by atoms with Crippen LogP contribution in [0.2, 0.25) is 5.02 Å². The Balaban J connectivity index is 1.45. The summed E-state index contributed by atoms with van der Waals surface area (Å²) < 4.78 is 10.5. The van der Waals surface area contributed by atoms with Crippen molar-refractivity contribution in [2.45, 2.75) is 32.7 Å². The van der Waals surface area contributed by atoms with E-state index in [4.69, 9.17) is 21.3 Å². The zero-order chi connectivity index (χ0) is 28.2. The Hall–Kier alpha value is -4.13. The molecule has 204 valence electrons. The van der Waals surface area contributed by atoms with Crippen molar-refractivity contribution < 1.29 is 4.74 Å². The third-order valence-electron chi connectivity index (χ3n) is 8.15. The van der Waals surface area contributed by atoms with Gasteiger partial charge in [-0.1, -0.05) is 65.4 Å². The molecular weight excluding hydrogens is 550 g/mol. The molecule has 1 aliphatic carbocycles. The molecule has 0 amide bonds. The van der Waals surface area contributed by atoms with Gasteiger partial charge < -0.3 is 9.30 Å². The number of methoxy groups -OCH3 is 1. The summed E-state index contributed by atoms with van der Waals surface area (Å²) in [6, 6.07) is 26.1. The van der Waals surface area contributed by atoms with E-state index in [0.29, 0.717) is 14.4 Å². The standard InChI is InChI=1S/C34H28ClN3O2S/c1-20-18-23(21(2)37(20)25-15-13-24(35)14-16-25)19-30-33(39)38-32(27-10-6-7-11-29(27)40-3)28-17-12-22-8-4-5-9-26(22)31(28)36-34(38)41-30/h4-11,13-16,18-19,32H,12,17H2,1-3H3/b30-19+/t32-/m0/s1. The van der Waals surface area contributed by atoms with Gasteiger partial charge >= 0.3 is 0 Å². The molecule has 7 heteroatoms. The van der Waals surface area contributed by atoms with Crippen LogP contribution in [0.5, 0.6) is 5.75 Å². The summed E-state index contributed by atoms with van der Waals surface area (Å²) in [6.07, 6.45) is 3.76. The number of halogens is 1. The van der Waals surface area contributed by atoms with Gasteiger partial charge in [0.2, 0.25) is 0 Å². The molecule has 5 nitrogen and oxygen atoms in total. The molecule has 5 aromatic rings. The molecule has 41 heavy (non-hydrogen) atoms. The molecular formula is C34H28ClN3O2S. The van der Waals surface area contributed by atoms with E-state index in [0.717, 1.165) is 63.6 Å². The number of fused-ring (bicyclic) bond motifs is 3. The van der Waals surface area contributed by atoms with Crippen LogP contribution in [0.3, 0.4) is 0 Å². The topological polar surface area (TPSA) is 48.5 Å². The predicted octanol–water partition coefficient (Wildman–Crippen LogP) is 6.39. The Kier molecular flexibility index (Phi) is 6.33. The highest BCUT2D eigenvalue weighted by Crippen LogP contribution is 2.43. The summed E-state index contributed by atoms with van der Waals surface area (Å²) in [4.78, 5) is 20.1. The minimum atomic E-state index is -0.283. The number of rotatable bonds is 4. The van der Waals surface area contributed by atoms with Crippen molar-refractivity contribution in [1.82, 2.24) is 9.13 Å². The van der Waals surface area contributed by atoms with Gasteiger partial charge in [0.25, 0.3) is 5.56 Å². The van der Waals surface area contributed by atoms with Crippen molar-refractivity contribution in [1.29, 1.82) is 0 Å². The van der Waals surface area contributed by atoms with Crippen LogP contribution in [0.25, 0.3) is 17.5 Å². The molecule has 7 rings (SSSR count). The fourth-order valence-electron chi connectivity index (χ4n) is 6.25. The molecule has 0 saturated heterocycles. The highest BCUT2D eigenvalue weighted by molar-refractivity contribution is 7.07. The van der Waals surface area contributed by atoms with Gasteiger partial charge in [0, 0.05) is 33.2 Å². The fraction of sp³-hybridized carbons (Fsp3) is 0.176. The van der Waals surface area contributed by atoms with Gasteiger partial charge in [-0.15, -0.1) is 0 Å². The van der Waals surface area contributed by atoms with Gasteiger partial charge in [0.05, 0.1) is 23.4 Å². The number of thiazole rings is 1. The monoisotopic (exact) mass is 577 g/mol. The maximum Gasteiger partial charge on any atom is 0.271 e. The Morgan fingerprint density at radius 1 is 1.00 bits per heavy atom. The lowest BCUT2D eigenvalue weighted by Crippen LogP contribution is -2.39. The van der Waals surface area contributed by atoms with Crippen LogP contribution in [-0.4, -0.2) is 16.2 Å². The summed E-state index contributed by atoms with van der Waals surface area (Å²) in [5.74, 6) is 0.770. The molecule has 2 aromatic heterocycles. The summed E-state index contributed by atoms with van der Waals surface area (Å²) in [7, 11) is 1.68. The minimum absolute atomic E-state index is 0.0358. The number of aryl methyl sites for hydroxylation is 2. The van der Waals surface area contributed by atoms with Crippen LogP contribution >= 0.6 is 22.9 Å². The number of para-hydroxylation sites is 1. The molecule has 0 radical (unpaired) electrons. The van der Waals surface area contributed by atoms with E-state index < -0.39 is 0 Å². The van der Waals surface area contributed by atoms with Gasteiger partial charge in [-0.3, -0.25) is 9.36 Å². The minimum Gasteiger partial charge on any atom is -0.496 e. The Morgan fingerprint density at radius 3 is 2.56 bits per heavy atom. The van der Waals surface area contributed by atoms with E-state index in [2.05, 4.69) is 54.8 Å². The molecule has 0 spiro atoms. The number of hydrogen-bond donors (Lipinski definition) is 0. The van der Waals surface area contributed by atoms with Crippen LogP contribution in [0.15, 0.2) is 94.2 Å². The summed E-state index contributed by atoms with van der Waals surface area (Å²) in [6.45, 7) is 4.16. The second-order valence-corrected chi connectivity index (χ2v) is 11.9. The van der Waals surface area contributed by atoms with E-state index in [1.54, 1.807) is 7.11 Å². The molecule has 1 atom stereocenters. The van der Waals surface area contributed by atoms with Crippen molar-refractivity contribution in [3.8, 4) is 11.4 Å². The van der Waals surface area contributed by atoms with Crippen LogP contribution < -0.4 is 19.6 Å². The highest BCUT2D eigenvalue weighted by Gasteiger charge is 2.34. The van der Waals surface area contributed by atoms with Gasteiger partial charge in [-0.05, 0) is 85.9 Å². The first-order chi connectivity index (χ1) is 19.9. The number of benzene rings is 3. The summed E-state index contributed by atoms with van der Waals surface area (Å²) in [5, 5.41) is 0.701. The van der Waals surface area contributed by atoms with Crippen molar-refractivity contribution in [3.63, 3.8) is 0 Å². The van der Waals surface area contributed by atoms with Crippen molar-refractivity contribution in [2.24, 2.45) is 4.99 Å². The Morgan fingerprint density at radius 2 is 1.76 bits per heavy atom. The van der Waals surface area contributed by atoms with Crippen LogP contribution in [0.1, 0.15) is 46.1 Å². The van der Waals surface area contributed by atoms with Crippen LogP contribution in [0.4, 0.5) is 0 Å². The normalized spacial score (nSPS) is 16.2. The molecule has 2 aliphatic rings. The molecule has 3 aromatic carbocycles. The maximum atomic E-state index is 14.2. The first-order valence-corrected chi connectivity index (χ1v) is 14.8. The zero-order valence-electron chi connectivity index (χ0n) is 23.0. The third kappa shape index (κ3) is 4.21. The summed E-state index contributed by atoms with van der Waals surface area (Å²) >= 11 is 7.58. The quantitative estimate of drug-likeness (QED) is 0.249. The van der Waals surface area contributed by atoms with E-state index in [1.165, 1.54) is 16.9 Å². The SMILES string of the molecule is COc1ccccc1[C@H]1C2=C(N=c3s/c(=C/c4cc(C)n(-c5ccc(Cl)cc5)c4C)c(=O)n31)c1ccccc1CC2. The largest absolute Gasteiger partial charge is 0.496 e. The maximum absolute atomic E-state index is 14.2. The van der Waals surface area contributed by atoms with Crippen molar-refractivity contribution in [2.75, 3.05) is 7.11 Å². The van der Waals surface area contributed by atoms with Gasteiger partial charge in [0.1, 0.15) is 5.75 Å². The lowest BCUT2D eigenvalue weighted by Gasteiger charge is -2.31. The number of allylic oxidation sites excluding steroid dienone is 1. The third-order valence-corrected chi connectivity index (χ3v) is 9.38. The smallest absolute Gasteiger partial charge is 0.271 e. The summed E-state index contributed by atoms with van der Waals surface area (Å²) in [5.41, 5.74) is 9.72. The average molecular weight is 578 g/mol. The van der Waals surface area contributed by atoms with Crippen molar-refractivity contribution >= 4 is 34.7 Å². The highest BCUT2D eigenvalue weighted by atomic mass is 35.5. The molecule has 0 N–H and O–H groups in total. The first kappa shape index (κ1) is 25.8. The fourth-order valence-corrected chi connectivity index (χ4v) is 7.37. The average Bonchev–Trinajstić information content (AvgIpc) is 3.45. The Labute approximate surface area is 247 Å². The second-order valence-electron chi connectivity index (χ2n) is 10.5. The zero-order valence-corrected chi connectivity index (χ0v) is 24.6.